The van der Waals surface area contributed by atoms with Gasteiger partial charge in [0, 0.05) is 24.8 Å². The average molecular weight is 250 g/mol. The lowest BCUT2D eigenvalue weighted by Gasteiger charge is -2.18. The van der Waals surface area contributed by atoms with Gasteiger partial charge in [-0.1, -0.05) is 0 Å². The van der Waals surface area contributed by atoms with Crippen LogP contribution in [0.2, 0.25) is 0 Å². The van der Waals surface area contributed by atoms with Gasteiger partial charge in [-0.3, -0.25) is 9.48 Å². The summed E-state index contributed by atoms with van der Waals surface area (Å²) in [6.45, 7) is 7.88. The summed E-state index contributed by atoms with van der Waals surface area (Å²) in [6, 6.07) is 2.15. The third-order valence-electron chi connectivity index (χ3n) is 3.71. The quantitative estimate of drug-likeness (QED) is 0.858. The van der Waals surface area contributed by atoms with E-state index < -0.39 is 0 Å². The van der Waals surface area contributed by atoms with Crippen molar-refractivity contribution in [3.63, 3.8) is 0 Å². The van der Waals surface area contributed by atoms with Crippen LogP contribution in [-0.4, -0.2) is 39.7 Å². The van der Waals surface area contributed by atoms with Gasteiger partial charge in [0.2, 0.25) is 5.91 Å². The number of hydrogen-bond acceptors (Lipinski definition) is 3. The Hall–Kier alpha value is -1.36. The highest BCUT2D eigenvalue weighted by molar-refractivity contribution is 5.76. The summed E-state index contributed by atoms with van der Waals surface area (Å²) >= 11 is 0. The zero-order chi connectivity index (χ0) is 13.3. The molecule has 100 valence electrons. The van der Waals surface area contributed by atoms with Crippen LogP contribution in [0.5, 0.6) is 0 Å². The number of aryl methyl sites for hydroxylation is 2. The van der Waals surface area contributed by atoms with Crippen molar-refractivity contribution in [2.45, 2.75) is 39.8 Å². The zero-order valence-electron chi connectivity index (χ0n) is 11.4. The van der Waals surface area contributed by atoms with Crippen molar-refractivity contribution in [3.8, 4) is 0 Å². The van der Waals surface area contributed by atoms with E-state index in [1.54, 1.807) is 4.68 Å². The van der Waals surface area contributed by atoms with Crippen LogP contribution in [0.4, 0.5) is 0 Å². The summed E-state index contributed by atoms with van der Waals surface area (Å²) in [6.07, 6.45) is 1.01. The average Bonchev–Trinajstić information content (AvgIpc) is 2.86. The summed E-state index contributed by atoms with van der Waals surface area (Å²) in [7, 11) is 0. The maximum absolute atomic E-state index is 12.2. The van der Waals surface area contributed by atoms with Crippen molar-refractivity contribution >= 4 is 5.91 Å². The molecular weight excluding hydrogens is 228 g/mol. The van der Waals surface area contributed by atoms with E-state index in [9.17, 15) is 4.79 Å². The Labute approximate surface area is 108 Å². The number of amides is 1. The molecule has 18 heavy (non-hydrogen) atoms. The van der Waals surface area contributed by atoms with Gasteiger partial charge in [0.15, 0.2) is 0 Å². The number of carbonyl (C=O) groups is 1. The molecule has 1 aliphatic rings. The van der Waals surface area contributed by atoms with E-state index in [1.165, 1.54) is 0 Å². The fourth-order valence-electron chi connectivity index (χ4n) is 2.51. The van der Waals surface area contributed by atoms with Crippen molar-refractivity contribution in [1.82, 2.24) is 14.7 Å². The highest BCUT2D eigenvalue weighted by Crippen LogP contribution is 2.19. The Morgan fingerprint density at radius 1 is 1.61 bits per heavy atom. The number of carbonyl (C=O) groups excluding carboxylic acids is 1. The zero-order valence-corrected chi connectivity index (χ0v) is 11.4. The summed E-state index contributed by atoms with van der Waals surface area (Å²) in [4.78, 5) is 14.1. The Bertz CT molecular complexity index is 438. The summed E-state index contributed by atoms with van der Waals surface area (Å²) < 4.78 is 1.77. The third kappa shape index (κ3) is 2.72. The minimum atomic E-state index is 0.143. The van der Waals surface area contributed by atoms with Crippen LogP contribution in [0.15, 0.2) is 6.07 Å². The van der Waals surface area contributed by atoms with Crippen molar-refractivity contribution in [1.29, 1.82) is 0 Å². The van der Waals surface area contributed by atoms with Crippen LogP contribution < -0.4 is 5.73 Å². The molecule has 0 saturated carbocycles. The van der Waals surface area contributed by atoms with Gasteiger partial charge in [0.05, 0.1) is 5.69 Å². The monoisotopic (exact) mass is 250 g/mol. The molecule has 5 nitrogen and oxygen atoms in total. The van der Waals surface area contributed by atoms with Crippen LogP contribution in [0.1, 0.15) is 24.7 Å². The lowest BCUT2D eigenvalue weighted by atomic mass is 10.0. The lowest BCUT2D eigenvalue weighted by Crippen LogP contribution is -2.35. The number of likely N-dealkylation sites (tertiary alicyclic amines) is 1. The summed E-state index contributed by atoms with van der Waals surface area (Å²) in [5, 5.41) is 4.32. The van der Waals surface area contributed by atoms with Gasteiger partial charge < -0.3 is 10.6 Å². The van der Waals surface area contributed by atoms with Crippen LogP contribution in [0.3, 0.4) is 0 Å². The number of nitrogens with two attached hydrogens (primary N) is 1. The normalized spacial score (nSPS) is 21.3. The van der Waals surface area contributed by atoms with E-state index in [2.05, 4.69) is 5.10 Å². The van der Waals surface area contributed by atoms with Gasteiger partial charge in [-0.15, -0.1) is 0 Å². The number of rotatable bonds is 3. The Balaban J connectivity index is 1.95. The predicted octanol–water partition coefficient (Wildman–Crippen LogP) is 0.696. The first-order valence-electron chi connectivity index (χ1n) is 6.52. The van der Waals surface area contributed by atoms with Crippen LogP contribution in [-0.2, 0) is 11.3 Å². The van der Waals surface area contributed by atoms with E-state index in [0.717, 1.165) is 30.9 Å². The Morgan fingerprint density at radius 2 is 2.33 bits per heavy atom. The topological polar surface area (TPSA) is 64.2 Å². The summed E-state index contributed by atoms with van der Waals surface area (Å²) in [5.41, 5.74) is 7.87. The molecule has 2 atom stereocenters. The molecule has 0 bridgehead atoms. The molecular formula is C13H22N4O. The van der Waals surface area contributed by atoms with Gasteiger partial charge in [-0.25, -0.2) is 0 Å². The highest BCUT2D eigenvalue weighted by Gasteiger charge is 2.28. The van der Waals surface area contributed by atoms with E-state index in [4.69, 9.17) is 5.73 Å². The standard InChI is InChI=1S/C13H22N4O/c1-9-6-10(2)17(15-9)8-13(18)16-5-4-12(7-16)11(3)14/h6,11-12H,4-5,7-8,14H2,1-3H3. The van der Waals surface area contributed by atoms with Crippen molar-refractivity contribution in [3.05, 3.63) is 17.5 Å². The molecule has 0 radical (unpaired) electrons. The molecule has 2 N–H and O–H groups in total. The molecule has 5 heteroatoms. The van der Waals surface area contributed by atoms with Crippen LogP contribution >= 0.6 is 0 Å². The smallest absolute Gasteiger partial charge is 0.244 e. The second-order valence-electron chi connectivity index (χ2n) is 5.33. The number of aromatic nitrogens is 2. The first-order chi connectivity index (χ1) is 8.47. The molecule has 2 heterocycles. The minimum Gasteiger partial charge on any atom is -0.341 e. The van der Waals surface area contributed by atoms with E-state index in [0.29, 0.717) is 12.5 Å². The lowest BCUT2D eigenvalue weighted by molar-refractivity contribution is -0.131. The van der Waals surface area contributed by atoms with E-state index in [-0.39, 0.29) is 11.9 Å². The summed E-state index contributed by atoms with van der Waals surface area (Å²) in [5.74, 6) is 0.582. The maximum atomic E-state index is 12.2. The SMILES string of the molecule is Cc1cc(C)n(CC(=O)N2CCC(C(C)N)C2)n1. The highest BCUT2D eigenvalue weighted by atomic mass is 16.2. The number of nitrogens with zero attached hydrogens (tertiary/aromatic N) is 3. The van der Waals surface area contributed by atoms with Gasteiger partial charge in [0.1, 0.15) is 6.54 Å². The molecule has 0 spiro atoms. The van der Waals surface area contributed by atoms with Crippen LogP contribution in [0, 0.1) is 19.8 Å². The first-order valence-corrected chi connectivity index (χ1v) is 6.52. The Kier molecular flexibility index (Phi) is 3.71. The van der Waals surface area contributed by atoms with Crippen LogP contribution in [0.25, 0.3) is 0 Å². The number of hydrogen-bond donors (Lipinski definition) is 1. The molecule has 1 aromatic rings. The molecule has 1 fully saturated rings. The molecule has 2 unspecified atom stereocenters. The van der Waals surface area contributed by atoms with Gasteiger partial charge in [0.25, 0.3) is 0 Å². The predicted molar refractivity (Wildman–Crippen MR) is 70.0 cm³/mol. The first kappa shape index (κ1) is 13.1. The Morgan fingerprint density at radius 3 is 2.83 bits per heavy atom. The second-order valence-corrected chi connectivity index (χ2v) is 5.33. The van der Waals surface area contributed by atoms with Crippen molar-refractivity contribution in [2.24, 2.45) is 11.7 Å². The minimum absolute atomic E-state index is 0.143. The largest absolute Gasteiger partial charge is 0.341 e. The molecule has 1 saturated heterocycles. The van der Waals surface area contributed by atoms with Crippen molar-refractivity contribution < 1.29 is 4.79 Å². The van der Waals surface area contributed by atoms with Gasteiger partial charge in [-0.05, 0) is 39.2 Å². The molecule has 0 aromatic carbocycles. The van der Waals surface area contributed by atoms with E-state index in [1.807, 2.05) is 31.7 Å². The fraction of sp³-hybridized carbons (Fsp3) is 0.692. The van der Waals surface area contributed by atoms with E-state index >= 15 is 0 Å². The van der Waals surface area contributed by atoms with Gasteiger partial charge in [-0.2, -0.15) is 5.10 Å². The second kappa shape index (κ2) is 5.10. The third-order valence-corrected chi connectivity index (χ3v) is 3.71. The van der Waals surface area contributed by atoms with Crippen molar-refractivity contribution in [2.75, 3.05) is 13.1 Å². The maximum Gasteiger partial charge on any atom is 0.244 e. The molecule has 1 amide bonds. The molecule has 1 aromatic heterocycles. The fourth-order valence-corrected chi connectivity index (χ4v) is 2.51. The van der Waals surface area contributed by atoms with Gasteiger partial charge >= 0.3 is 0 Å². The molecule has 2 rings (SSSR count). The molecule has 1 aliphatic heterocycles. The molecule has 0 aliphatic carbocycles.